The average molecular weight is 325 g/mol. The number of nitrogen functional groups attached to an aromatic ring is 1. The highest BCUT2D eigenvalue weighted by Gasteiger charge is 2.22. The molecular weight excluding hydrogens is 311 g/mol. The fourth-order valence-electron chi connectivity index (χ4n) is 1.88. The lowest BCUT2D eigenvalue weighted by molar-refractivity contribution is -0.141. The summed E-state index contributed by atoms with van der Waals surface area (Å²) in [5, 5.41) is 3.75. The number of hydrogen-bond acceptors (Lipinski definition) is 4. The summed E-state index contributed by atoms with van der Waals surface area (Å²) in [6.45, 7) is 0. The Kier molecular flexibility index (Phi) is 4.94. The first-order chi connectivity index (χ1) is 10.0. The van der Waals surface area contributed by atoms with Gasteiger partial charge >= 0.3 is 5.97 Å². The summed E-state index contributed by atoms with van der Waals surface area (Å²) in [4.78, 5) is 12.0. The van der Waals surface area contributed by atoms with Gasteiger partial charge in [-0.05, 0) is 17.7 Å². The van der Waals surface area contributed by atoms with Crippen molar-refractivity contribution in [2.24, 2.45) is 0 Å². The van der Waals surface area contributed by atoms with Crippen molar-refractivity contribution in [1.29, 1.82) is 0 Å². The lowest BCUT2D eigenvalue weighted by Gasteiger charge is -2.19. The first-order valence-corrected chi connectivity index (χ1v) is 6.92. The van der Waals surface area contributed by atoms with Crippen molar-refractivity contribution in [3.05, 3.63) is 58.1 Å². The number of nitrogens with one attached hydrogen (secondary N) is 1. The smallest absolute Gasteiger partial charge is 0.332 e. The number of ether oxygens (including phenoxy) is 1. The summed E-state index contributed by atoms with van der Waals surface area (Å²) in [5.74, 6) is -0.424. The quantitative estimate of drug-likeness (QED) is 0.661. The van der Waals surface area contributed by atoms with E-state index < -0.39 is 12.0 Å². The van der Waals surface area contributed by atoms with Crippen molar-refractivity contribution in [2.75, 3.05) is 18.2 Å². The maximum Gasteiger partial charge on any atom is 0.332 e. The number of carbonyl (C=O) groups is 1. The van der Waals surface area contributed by atoms with Crippen molar-refractivity contribution in [1.82, 2.24) is 0 Å². The molecule has 1 atom stereocenters. The van der Waals surface area contributed by atoms with E-state index >= 15 is 0 Å². The van der Waals surface area contributed by atoms with Gasteiger partial charge < -0.3 is 15.8 Å². The van der Waals surface area contributed by atoms with E-state index in [1.807, 2.05) is 30.3 Å². The van der Waals surface area contributed by atoms with Crippen LogP contribution in [0, 0.1) is 0 Å². The number of anilines is 2. The Balaban J connectivity index is 2.36. The minimum absolute atomic E-state index is 0.352. The van der Waals surface area contributed by atoms with Crippen LogP contribution in [0.15, 0.2) is 42.5 Å². The predicted octanol–water partition coefficient (Wildman–Crippen LogP) is 3.90. The monoisotopic (exact) mass is 324 g/mol. The van der Waals surface area contributed by atoms with Gasteiger partial charge in [-0.2, -0.15) is 0 Å². The molecule has 0 aliphatic rings. The number of methoxy groups -OCH3 is 1. The molecule has 0 bridgehead atoms. The third-order valence-corrected chi connectivity index (χ3v) is 3.68. The Labute approximate surface area is 132 Å². The Morgan fingerprint density at radius 1 is 1.19 bits per heavy atom. The highest BCUT2D eigenvalue weighted by Crippen LogP contribution is 2.33. The average Bonchev–Trinajstić information content (AvgIpc) is 2.49. The molecule has 2 aromatic carbocycles. The van der Waals surface area contributed by atoms with Gasteiger partial charge in [-0.3, -0.25) is 0 Å². The molecule has 0 saturated carbocycles. The van der Waals surface area contributed by atoms with Gasteiger partial charge in [0.2, 0.25) is 0 Å². The van der Waals surface area contributed by atoms with E-state index in [1.165, 1.54) is 13.2 Å². The zero-order chi connectivity index (χ0) is 15.4. The topological polar surface area (TPSA) is 64.3 Å². The lowest BCUT2D eigenvalue weighted by atomic mass is 10.1. The highest BCUT2D eigenvalue weighted by molar-refractivity contribution is 6.42. The second kappa shape index (κ2) is 6.70. The van der Waals surface area contributed by atoms with E-state index in [2.05, 4.69) is 5.32 Å². The van der Waals surface area contributed by atoms with Gasteiger partial charge in [0.25, 0.3) is 0 Å². The van der Waals surface area contributed by atoms with Gasteiger partial charge in [0.05, 0.1) is 28.5 Å². The minimum atomic E-state index is -0.684. The molecule has 0 aromatic heterocycles. The Morgan fingerprint density at radius 3 is 2.43 bits per heavy atom. The molecule has 4 nitrogen and oxygen atoms in total. The molecule has 21 heavy (non-hydrogen) atoms. The van der Waals surface area contributed by atoms with Crippen LogP contribution in [0.2, 0.25) is 10.0 Å². The Morgan fingerprint density at radius 2 is 1.81 bits per heavy atom. The van der Waals surface area contributed by atoms with Crippen LogP contribution in [0.5, 0.6) is 0 Å². The molecule has 0 radical (unpaired) electrons. The fourth-order valence-corrected chi connectivity index (χ4v) is 2.22. The molecule has 1 unspecified atom stereocenters. The third kappa shape index (κ3) is 3.60. The first kappa shape index (κ1) is 15.5. The zero-order valence-corrected chi connectivity index (χ0v) is 12.8. The molecule has 0 amide bonds. The van der Waals surface area contributed by atoms with E-state index in [-0.39, 0.29) is 0 Å². The Bertz CT molecular complexity index is 648. The maximum atomic E-state index is 12.0. The highest BCUT2D eigenvalue weighted by atomic mass is 35.5. The van der Waals surface area contributed by atoms with Gasteiger partial charge in [0, 0.05) is 0 Å². The van der Waals surface area contributed by atoms with Crippen LogP contribution in [0.4, 0.5) is 11.4 Å². The SMILES string of the molecule is COC(=O)C(Nc1cc(Cl)c(Cl)cc1N)c1ccccc1. The number of hydrogen-bond donors (Lipinski definition) is 2. The largest absolute Gasteiger partial charge is 0.467 e. The normalized spacial score (nSPS) is 11.8. The molecule has 0 saturated heterocycles. The molecule has 0 fully saturated rings. The summed E-state index contributed by atoms with van der Waals surface area (Å²) in [5.41, 5.74) is 7.57. The molecule has 2 aromatic rings. The van der Waals surface area contributed by atoms with Gasteiger partial charge in [-0.1, -0.05) is 53.5 Å². The van der Waals surface area contributed by atoms with E-state index in [1.54, 1.807) is 6.07 Å². The van der Waals surface area contributed by atoms with Crippen LogP contribution in [0.25, 0.3) is 0 Å². The van der Waals surface area contributed by atoms with Crippen molar-refractivity contribution in [3.63, 3.8) is 0 Å². The van der Waals surface area contributed by atoms with Gasteiger partial charge in [-0.15, -0.1) is 0 Å². The number of carbonyl (C=O) groups excluding carboxylic acids is 1. The van der Waals surface area contributed by atoms with Crippen LogP contribution >= 0.6 is 23.2 Å². The molecule has 0 heterocycles. The lowest BCUT2D eigenvalue weighted by Crippen LogP contribution is -2.22. The summed E-state index contributed by atoms with van der Waals surface area (Å²) >= 11 is 11.9. The molecule has 6 heteroatoms. The fraction of sp³-hybridized carbons (Fsp3) is 0.133. The standard InChI is InChI=1S/C15H14Cl2N2O2/c1-21-15(20)14(9-5-3-2-4-6-9)19-13-8-11(17)10(16)7-12(13)18/h2-8,14,19H,18H2,1H3. The third-order valence-electron chi connectivity index (χ3n) is 2.96. The summed E-state index contributed by atoms with van der Waals surface area (Å²) in [6, 6.07) is 11.6. The van der Waals surface area contributed by atoms with Gasteiger partial charge in [-0.25, -0.2) is 4.79 Å². The maximum absolute atomic E-state index is 12.0. The molecule has 2 rings (SSSR count). The van der Waals surface area contributed by atoms with E-state index in [0.29, 0.717) is 21.4 Å². The molecule has 0 aliphatic carbocycles. The van der Waals surface area contributed by atoms with Gasteiger partial charge in [0.1, 0.15) is 0 Å². The molecule has 110 valence electrons. The number of benzene rings is 2. The second-order valence-corrected chi connectivity index (χ2v) is 5.18. The van der Waals surface area contributed by atoms with E-state index in [4.69, 9.17) is 33.7 Å². The van der Waals surface area contributed by atoms with E-state index in [0.717, 1.165) is 5.56 Å². The number of halogens is 2. The van der Waals surface area contributed by atoms with Crippen LogP contribution in [-0.4, -0.2) is 13.1 Å². The summed E-state index contributed by atoms with van der Waals surface area (Å²) < 4.78 is 4.83. The van der Waals surface area contributed by atoms with Gasteiger partial charge in [0.15, 0.2) is 6.04 Å². The number of nitrogens with two attached hydrogens (primary N) is 1. The van der Waals surface area contributed by atoms with Crippen molar-refractivity contribution >= 4 is 40.5 Å². The number of esters is 1. The first-order valence-electron chi connectivity index (χ1n) is 6.16. The molecular formula is C15H14Cl2N2O2. The predicted molar refractivity (Wildman–Crippen MR) is 85.7 cm³/mol. The number of rotatable bonds is 4. The Hall–Kier alpha value is -1.91. The molecule has 0 spiro atoms. The summed E-state index contributed by atoms with van der Waals surface area (Å²) in [7, 11) is 1.33. The van der Waals surface area contributed by atoms with Crippen LogP contribution in [0.3, 0.4) is 0 Å². The van der Waals surface area contributed by atoms with Crippen molar-refractivity contribution in [3.8, 4) is 0 Å². The molecule has 3 N–H and O–H groups in total. The second-order valence-electron chi connectivity index (χ2n) is 4.36. The van der Waals surface area contributed by atoms with Crippen LogP contribution < -0.4 is 11.1 Å². The molecule has 0 aliphatic heterocycles. The zero-order valence-electron chi connectivity index (χ0n) is 11.3. The minimum Gasteiger partial charge on any atom is -0.467 e. The summed E-state index contributed by atoms with van der Waals surface area (Å²) in [6.07, 6.45) is 0. The van der Waals surface area contributed by atoms with Crippen LogP contribution in [0.1, 0.15) is 11.6 Å². The van der Waals surface area contributed by atoms with Crippen molar-refractivity contribution < 1.29 is 9.53 Å². The van der Waals surface area contributed by atoms with Crippen LogP contribution in [-0.2, 0) is 9.53 Å². The van der Waals surface area contributed by atoms with Crippen molar-refractivity contribution in [2.45, 2.75) is 6.04 Å². The van der Waals surface area contributed by atoms with E-state index in [9.17, 15) is 4.79 Å².